The zero-order chi connectivity index (χ0) is 15.4. The number of benzene rings is 1. The third kappa shape index (κ3) is 3.28. The maximum absolute atomic E-state index is 12.1. The van der Waals surface area contributed by atoms with Gasteiger partial charge in [-0.05, 0) is 25.1 Å². The van der Waals surface area contributed by atoms with Crippen LogP contribution < -0.4 is 10.1 Å². The standard InChI is InChI=1S/C15H16N2O4/c1-9-12(15(19)16-8-14(18)21-3)6-10-4-5-11(20-2)7-13(10)17-9/h4-7H,8H2,1-3H3,(H,16,19). The highest BCUT2D eigenvalue weighted by Gasteiger charge is 2.13. The van der Waals surface area contributed by atoms with E-state index in [0.29, 0.717) is 17.0 Å². The van der Waals surface area contributed by atoms with Crippen molar-refractivity contribution in [1.29, 1.82) is 0 Å². The molecular weight excluding hydrogens is 272 g/mol. The first kappa shape index (κ1) is 14.8. The lowest BCUT2D eigenvalue weighted by atomic mass is 10.1. The molecule has 1 heterocycles. The Morgan fingerprint density at radius 3 is 2.67 bits per heavy atom. The van der Waals surface area contributed by atoms with Crippen molar-refractivity contribution >= 4 is 22.8 Å². The van der Waals surface area contributed by atoms with Gasteiger partial charge in [-0.2, -0.15) is 0 Å². The summed E-state index contributed by atoms with van der Waals surface area (Å²) in [7, 11) is 2.85. The summed E-state index contributed by atoms with van der Waals surface area (Å²) in [5.74, 6) is -0.153. The molecule has 1 aromatic heterocycles. The molecule has 0 spiro atoms. The van der Waals surface area contributed by atoms with Crippen molar-refractivity contribution in [2.75, 3.05) is 20.8 Å². The molecule has 0 fully saturated rings. The summed E-state index contributed by atoms with van der Waals surface area (Å²) >= 11 is 0. The predicted octanol–water partition coefficient (Wildman–Crippen LogP) is 1.45. The summed E-state index contributed by atoms with van der Waals surface area (Å²) in [4.78, 5) is 27.5. The SMILES string of the molecule is COC(=O)CNC(=O)c1cc2ccc(OC)cc2nc1C. The van der Waals surface area contributed by atoms with Gasteiger partial charge in [-0.3, -0.25) is 14.6 Å². The number of hydrogen-bond donors (Lipinski definition) is 1. The van der Waals surface area contributed by atoms with Crippen molar-refractivity contribution in [2.45, 2.75) is 6.92 Å². The van der Waals surface area contributed by atoms with Gasteiger partial charge in [0, 0.05) is 11.5 Å². The second kappa shape index (κ2) is 6.21. The van der Waals surface area contributed by atoms with Gasteiger partial charge in [0.2, 0.25) is 0 Å². The molecule has 0 unspecified atom stereocenters. The molecule has 2 aromatic rings. The van der Waals surface area contributed by atoms with Gasteiger partial charge in [-0.15, -0.1) is 0 Å². The fourth-order valence-electron chi connectivity index (χ4n) is 1.92. The van der Waals surface area contributed by atoms with Crippen molar-refractivity contribution in [1.82, 2.24) is 10.3 Å². The fourth-order valence-corrected chi connectivity index (χ4v) is 1.92. The first-order valence-electron chi connectivity index (χ1n) is 6.35. The van der Waals surface area contributed by atoms with Gasteiger partial charge in [0.1, 0.15) is 12.3 Å². The Balaban J connectivity index is 2.30. The van der Waals surface area contributed by atoms with E-state index in [4.69, 9.17) is 4.74 Å². The van der Waals surface area contributed by atoms with Gasteiger partial charge in [0.05, 0.1) is 31.0 Å². The Bertz CT molecular complexity index is 697. The molecule has 6 heteroatoms. The number of nitrogens with zero attached hydrogens (tertiary/aromatic N) is 1. The number of nitrogens with one attached hydrogen (secondary N) is 1. The smallest absolute Gasteiger partial charge is 0.325 e. The zero-order valence-electron chi connectivity index (χ0n) is 12.1. The molecule has 2 rings (SSSR count). The van der Waals surface area contributed by atoms with Gasteiger partial charge < -0.3 is 14.8 Å². The van der Waals surface area contributed by atoms with Crippen LogP contribution in [-0.4, -0.2) is 37.6 Å². The van der Waals surface area contributed by atoms with Crippen LogP contribution in [0.25, 0.3) is 10.9 Å². The van der Waals surface area contributed by atoms with Crippen molar-refractivity contribution in [3.8, 4) is 5.75 Å². The van der Waals surface area contributed by atoms with E-state index in [0.717, 1.165) is 10.9 Å². The predicted molar refractivity (Wildman–Crippen MR) is 77.4 cm³/mol. The van der Waals surface area contributed by atoms with E-state index in [9.17, 15) is 9.59 Å². The molecule has 1 N–H and O–H groups in total. The maximum Gasteiger partial charge on any atom is 0.325 e. The second-order valence-electron chi connectivity index (χ2n) is 4.44. The number of methoxy groups -OCH3 is 2. The Labute approximate surface area is 122 Å². The van der Waals surface area contributed by atoms with Crippen LogP contribution in [0.3, 0.4) is 0 Å². The molecule has 0 bridgehead atoms. The summed E-state index contributed by atoms with van der Waals surface area (Å²) in [6.07, 6.45) is 0. The van der Waals surface area contributed by atoms with Crippen molar-refractivity contribution < 1.29 is 19.1 Å². The van der Waals surface area contributed by atoms with E-state index < -0.39 is 5.97 Å². The monoisotopic (exact) mass is 288 g/mol. The molecule has 0 saturated heterocycles. The number of fused-ring (bicyclic) bond motifs is 1. The highest BCUT2D eigenvalue weighted by Crippen LogP contribution is 2.21. The number of ether oxygens (including phenoxy) is 2. The fraction of sp³-hybridized carbons (Fsp3) is 0.267. The third-order valence-electron chi connectivity index (χ3n) is 3.08. The lowest BCUT2D eigenvalue weighted by Gasteiger charge is -2.09. The average Bonchev–Trinajstić information content (AvgIpc) is 2.50. The van der Waals surface area contributed by atoms with Gasteiger partial charge >= 0.3 is 5.97 Å². The van der Waals surface area contributed by atoms with E-state index >= 15 is 0 Å². The number of esters is 1. The minimum atomic E-state index is -0.500. The number of pyridine rings is 1. The van der Waals surface area contributed by atoms with E-state index in [1.807, 2.05) is 6.07 Å². The molecule has 0 aliphatic carbocycles. The largest absolute Gasteiger partial charge is 0.497 e. The minimum Gasteiger partial charge on any atom is -0.497 e. The molecule has 0 radical (unpaired) electrons. The van der Waals surface area contributed by atoms with Crippen molar-refractivity contribution in [3.05, 3.63) is 35.5 Å². The molecule has 21 heavy (non-hydrogen) atoms. The number of hydrogen-bond acceptors (Lipinski definition) is 5. The quantitative estimate of drug-likeness (QED) is 0.862. The summed E-state index contributed by atoms with van der Waals surface area (Å²) in [6, 6.07) is 7.18. The summed E-state index contributed by atoms with van der Waals surface area (Å²) in [5, 5.41) is 3.32. The van der Waals surface area contributed by atoms with Crippen LogP contribution in [0.1, 0.15) is 16.1 Å². The van der Waals surface area contributed by atoms with Crippen molar-refractivity contribution in [3.63, 3.8) is 0 Å². The molecular formula is C15H16N2O4. The molecule has 0 atom stereocenters. The summed E-state index contributed by atoms with van der Waals surface area (Å²) in [5.41, 5.74) is 1.76. The molecule has 1 amide bonds. The normalized spacial score (nSPS) is 10.2. The average molecular weight is 288 g/mol. The number of amides is 1. The number of rotatable bonds is 4. The lowest BCUT2D eigenvalue weighted by molar-refractivity contribution is -0.139. The van der Waals surface area contributed by atoms with E-state index in [-0.39, 0.29) is 12.5 Å². The molecule has 110 valence electrons. The zero-order valence-corrected chi connectivity index (χ0v) is 12.1. The van der Waals surface area contributed by atoms with Crippen molar-refractivity contribution in [2.24, 2.45) is 0 Å². The second-order valence-corrected chi connectivity index (χ2v) is 4.44. The first-order chi connectivity index (χ1) is 10.0. The van der Waals surface area contributed by atoms with E-state index in [1.165, 1.54) is 7.11 Å². The first-order valence-corrected chi connectivity index (χ1v) is 6.35. The van der Waals surface area contributed by atoms with Crippen LogP contribution in [0.5, 0.6) is 5.75 Å². The summed E-state index contributed by atoms with van der Waals surface area (Å²) < 4.78 is 9.63. The van der Waals surface area contributed by atoms with Crippen LogP contribution >= 0.6 is 0 Å². The highest BCUT2D eigenvalue weighted by molar-refractivity contribution is 5.99. The third-order valence-corrected chi connectivity index (χ3v) is 3.08. The van der Waals surface area contributed by atoms with E-state index in [2.05, 4.69) is 15.0 Å². The maximum atomic E-state index is 12.1. The molecule has 0 aliphatic heterocycles. The van der Waals surface area contributed by atoms with Crippen LogP contribution in [0.4, 0.5) is 0 Å². The molecule has 0 saturated carbocycles. The number of carbonyl (C=O) groups excluding carboxylic acids is 2. The number of aromatic nitrogens is 1. The lowest BCUT2D eigenvalue weighted by Crippen LogP contribution is -2.30. The topological polar surface area (TPSA) is 77.5 Å². The van der Waals surface area contributed by atoms with Gasteiger partial charge in [0.25, 0.3) is 5.91 Å². The van der Waals surface area contributed by atoms with Crippen LogP contribution in [-0.2, 0) is 9.53 Å². The molecule has 1 aromatic carbocycles. The molecule has 6 nitrogen and oxygen atoms in total. The Kier molecular flexibility index (Phi) is 4.37. The molecule has 0 aliphatic rings. The Hall–Kier alpha value is -2.63. The minimum absolute atomic E-state index is 0.171. The van der Waals surface area contributed by atoms with Gasteiger partial charge in [-0.1, -0.05) is 0 Å². The van der Waals surface area contributed by atoms with E-state index in [1.54, 1.807) is 32.2 Å². The Morgan fingerprint density at radius 1 is 1.24 bits per heavy atom. The highest BCUT2D eigenvalue weighted by atomic mass is 16.5. The number of carbonyl (C=O) groups is 2. The Morgan fingerprint density at radius 2 is 2.00 bits per heavy atom. The number of aryl methyl sites for hydroxylation is 1. The van der Waals surface area contributed by atoms with Crippen LogP contribution in [0.2, 0.25) is 0 Å². The van der Waals surface area contributed by atoms with Crippen LogP contribution in [0.15, 0.2) is 24.3 Å². The summed E-state index contributed by atoms with van der Waals surface area (Å²) in [6.45, 7) is 1.57. The van der Waals surface area contributed by atoms with Gasteiger partial charge in [-0.25, -0.2) is 0 Å². The van der Waals surface area contributed by atoms with Gasteiger partial charge in [0.15, 0.2) is 0 Å². The van der Waals surface area contributed by atoms with Crippen LogP contribution in [0, 0.1) is 6.92 Å².